The minimum atomic E-state index is -0.948. The first-order chi connectivity index (χ1) is 13.1. The van der Waals surface area contributed by atoms with E-state index in [0.717, 1.165) is 29.9 Å². The lowest BCUT2D eigenvalue weighted by molar-refractivity contribution is -0.135. The second kappa shape index (κ2) is 8.64. The zero-order valence-corrected chi connectivity index (χ0v) is 16.1. The van der Waals surface area contributed by atoms with Crippen LogP contribution in [-0.4, -0.2) is 34.3 Å². The number of hydrogen-bond acceptors (Lipinski definition) is 6. The number of aliphatic carboxylic acids is 1. The van der Waals surface area contributed by atoms with Gasteiger partial charge in [0.15, 0.2) is 0 Å². The summed E-state index contributed by atoms with van der Waals surface area (Å²) in [6.07, 6.45) is 1.59. The Kier molecular flexibility index (Phi) is 6.03. The molecule has 1 aromatic carbocycles. The number of anilines is 1. The average molecular weight is 383 g/mol. The fourth-order valence-electron chi connectivity index (χ4n) is 2.79. The summed E-state index contributed by atoms with van der Waals surface area (Å²) >= 11 is 1.54. The Morgan fingerprint density at radius 1 is 1.22 bits per heavy atom. The fourth-order valence-corrected chi connectivity index (χ4v) is 3.42. The third-order valence-electron chi connectivity index (χ3n) is 4.18. The van der Waals surface area contributed by atoms with E-state index >= 15 is 0 Å². The van der Waals surface area contributed by atoms with Crippen molar-refractivity contribution in [1.29, 1.82) is 0 Å². The van der Waals surface area contributed by atoms with Gasteiger partial charge in [0, 0.05) is 35.3 Å². The normalized spacial score (nSPS) is 11.6. The lowest BCUT2D eigenvalue weighted by atomic mass is 10.1. The molecule has 0 saturated heterocycles. The molecule has 0 atom stereocenters. The van der Waals surface area contributed by atoms with Crippen molar-refractivity contribution >= 4 is 34.6 Å². The number of carboxylic acids is 1. The van der Waals surface area contributed by atoms with E-state index in [1.54, 1.807) is 6.08 Å². The fraction of sp³-hybridized carbons (Fsp3) is 0.250. The first-order valence-corrected chi connectivity index (χ1v) is 9.69. The number of benzene rings is 1. The van der Waals surface area contributed by atoms with Gasteiger partial charge >= 0.3 is 5.97 Å². The molecule has 3 aromatic rings. The number of hydrogen-bond donors (Lipinski definition) is 1. The predicted octanol–water partition coefficient (Wildman–Crippen LogP) is 4.66. The maximum Gasteiger partial charge on any atom is 0.308 e. The van der Waals surface area contributed by atoms with Crippen LogP contribution in [0, 0.1) is 0 Å². The third-order valence-corrected chi connectivity index (χ3v) is 4.87. The largest absolute Gasteiger partial charge is 0.481 e. The Labute approximate surface area is 161 Å². The van der Waals surface area contributed by atoms with Gasteiger partial charge in [-0.3, -0.25) is 4.79 Å². The van der Waals surface area contributed by atoms with Gasteiger partial charge < -0.3 is 14.5 Å². The molecule has 1 N–H and O–H groups in total. The Bertz CT molecular complexity index is 910. The summed E-state index contributed by atoms with van der Waals surface area (Å²) in [5.41, 5.74) is 3.35. The molecule has 0 amide bonds. The Morgan fingerprint density at radius 3 is 2.56 bits per heavy atom. The quantitative estimate of drug-likeness (QED) is 0.609. The molecule has 6 nitrogen and oxygen atoms in total. The van der Waals surface area contributed by atoms with Crippen LogP contribution in [0.3, 0.4) is 0 Å². The van der Waals surface area contributed by atoms with Crippen LogP contribution in [0.4, 0.5) is 5.69 Å². The molecule has 0 fully saturated rings. The van der Waals surface area contributed by atoms with E-state index < -0.39 is 5.97 Å². The van der Waals surface area contributed by atoms with Crippen LogP contribution in [-0.2, 0) is 4.79 Å². The van der Waals surface area contributed by atoms with Crippen LogP contribution in [0.25, 0.3) is 23.0 Å². The Morgan fingerprint density at radius 2 is 1.96 bits per heavy atom. The minimum absolute atomic E-state index is 0.191. The molecular weight excluding hydrogens is 362 g/mol. The Hall–Kier alpha value is -2.93. The monoisotopic (exact) mass is 383 g/mol. The molecule has 2 aromatic heterocycles. The van der Waals surface area contributed by atoms with E-state index in [4.69, 9.17) is 4.52 Å². The molecule has 7 heteroatoms. The summed E-state index contributed by atoms with van der Waals surface area (Å²) in [7, 11) is 0. The predicted molar refractivity (Wildman–Crippen MR) is 108 cm³/mol. The molecule has 140 valence electrons. The zero-order valence-electron chi connectivity index (χ0n) is 15.3. The summed E-state index contributed by atoms with van der Waals surface area (Å²) in [6.45, 7) is 6.10. The SMILES string of the molecule is CCN(CC)c1ccc(/C=C(\CC(=O)O)c2nc(-c3ccsc3)no2)cc1. The molecule has 0 aliphatic heterocycles. The van der Waals surface area contributed by atoms with Crippen LogP contribution in [0.2, 0.25) is 0 Å². The van der Waals surface area contributed by atoms with Crippen molar-refractivity contribution in [2.75, 3.05) is 18.0 Å². The van der Waals surface area contributed by atoms with Crippen molar-refractivity contribution in [2.24, 2.45) is 0 Å². The second-order valence-electron chi connectivity index (χ2n) is 5.94. The Balaban J connectivity index is 1.89. The van der Waals surface area contributed by atoms with Gasteiger partial charge in [-0.25, -0.2) is 0 Å². The number of nitrogens with zero attached hydrogens (tertiary/aromatic N) is 3. The van der Waals surface area contributed by atoms with Gasteiger partial charge in [0.25, 0.3) is 5.89 Å². The number of carboxylic acid groups (broad SMARTS) is 1. The molecule has 0 aliphatic rings. The van der Waals surface area contributed by atoms with Gasteiger partial charge in [-0.1, -0.05) is 17.3 Å². The molecule has 0 radical (unpaired) electrons. The van der Waals surface area contributed by atoms with Crippen LogP contribution in [0.5, 0.6) is 0 Å². The van der Waals surface area contributed by atoms with E-state index in [2.05, 4.69) is 28.9 Å². The average Bonchev–Trinajstić information content (AvgIpc) is 3.35. The van der Waals surface area contributed by atoms with Gasteiger partial charge in [0.2, 0.25) is 5.82 Å². The topological polar surface area (TPSA) is 79.5 Å². The maximum atomic E-state index is 11.3. The van der Waals surface area contributed by atoms with E-state index in [9.17, 15) is 9.90 Å². The van der Waals surface area contributed by atoms with E-state index in [1.165, 1.54) is 11.3 Å². The van der Waals surface area contributed by atoms with Crippen molar-refractivity contribution in [3.05, 3.63) is 52.5 Å². The first-order valence-electron chi connectivity index (χ1n) is 8.74. The summed E-state index contributed by atoms with van der Waals surface area (Å²) < 4.78 is 5.32. The first kappa shape index (κ1) is 18.8. The highest BCUT2D eigenvalue weighted by Crippen LogP contribution is 2.25. The van der Waals surface area contributed by atoms with Gasteiger partial charge in [-0.2, -0.15) is 16.3 Å². The number of aromatic nitrogens is 2. The zero-order chi connectivity index (χ0) is 19.2. The number of rotatable bonds is 8. The van der Waals surface area contributed by atoms with Gasteiger partial charge in [0.1, 0.15) is 0 Å². The van der Waals surface area contributed by atoms with Crippen molar-refractivity contribution in [3.8, 4) is 11.4 Å². The third kappa shape index (κ3) is 4.62. The van der Waals surface area contributed by atoms with Crippen molar-refractivity contribution in [3.63, 3.8) is 0 Å². The maximum absolute atomic E-state index is 11.3. The van der Waals surface area contributed by atoms with Crippen LogP contribution in [0.15, 0.2) is 45.6 Å². The van der Waals surface area contributed by atoms with Crippen molar-refractivity contribution < 1.29 is 14.4 Å². The van der Waals surface area contributed by atoms with Crippen LogP contribution >= 0.6 is 11.3 Å². The molecule has 0 bridgehead atoms. The van der Waals surface area contributed by atoms with Crippen molar-refractivity contribution in [1.82, 2.24) is 10.1 Å². The molecule has 0 aliphatic carbocycles. The van der Waals surface area contributed by atoms with E-state index in [0.29, 0.717) is 11.4 Å². The summed E-state index contributed by atoms with van der Waals surface area (Å²) in [6, 6.07) is 9.88. The molecule has 2 heterocycles. The van der Waals surface area contributed by atoms with Gasteiger partial charge in [-0.05, 0) is 49.1 Å². The summed E-state index contributed by atoms with van der Waals surface area (Å²) in [5.74, 6) is -0.262. The van der Waals surface area contributed by atoms with E-state index in [-0.39, 0.29) is 12.3 Å². The molecule has 0 spiro atoms. The molecule has 0 unspecified atom stereocenters. The van der Waals surface area contributed by atoms with Crippen LogP contribution in [0.1, 0.15) is 31.7 Å². The molecule has 27 heavy (non-hydrogen) atoms. The smallest absolute Gasteiger partial charge is 0.308 e. The molecular formula is C20H21N3O3S. The van der Waals surface area contributed by atoms with E-state index in [1.807, 2.05) is 41.1 Å². The molecule has 3 rings (SSSR count). The second-order valence-corrected chi connectivity index (χ2v) is 6.72. The summed E-state index contributed by atoms with van der Waals surface area (Å²) in [4.78, 5) is 17.9. The standard InChI is InChI=1S/C20H21N3O3S/c1-3-23(4-2)17-7-5-14(6-8-17)11-16(12-18(24)25)20-21-19(22-26-20)15-9-10-27-13-15/h5-11,13H,3-4,12H2,1-2H3,(H,24,25)/b16-11+. The number of thiophene rings is 1. The van der Waals surface area contributed by atoms with Crippen molar-refractivity contribution in [2.45, 2.75) is 20.3 Å². The lowest BCUT2D eigenvalue weighted by Crippen LogP contribution is -2.21. The number of carbonyl (C=O) groups is 1. The highest BCUT2D eigenvalue weighted by molar-refractivity contribution is 7.08. The van der Waals surface area contributed by atoms with Crippen LogP contribution < -0.4 is 4.90 Å². The minimum Gasteiger partial charge on any atom is -0.481 e. The van der Waals surface area contributed by atoms with Gasteiger partial charge in [-0.15, -0.1) is 0 Å². The highest BCUT2D eigenvalue weighted by atomic mass is 32.1. The lowest BCUT2D eigenvalue weighted by Gasteiger charge is -2.20. The van der Waals surface area contributed by atoms with Gasteiger partial charge in [0.05, 0.1) is 6.42 Å². The highest BCUT2D eigenvalue weighted by Gasteiger charge is 2.16. The molecule has 0 saturated carbocycles. The summed E-state index contributed by atoms with van der Waals surface area (Å²) in [5, 5.41) is 17.1.